The van der Waals surface area contributed by atoms with Crippen LogP contribution in [0.4, 0.5) is 4.79 Å². The van der Waals surface area contributed by atoms with E-state index in [1.165, 1.54) is 0 Å². The Balaban J connectivity index is 3.08. The molecule has 4 heteroatoms. The minimum absolute atomic E-state index is 0.0968. The van der Waals surface area contributed by atoms with Crippen molar-refractivity contribution in [3.05, 3.63) is 0 Å². The lowest BCUT2D eigenvalue weighted by molar-refractivity contribution is 0.240. The second-order valence-corrected chi connectivity index (χ2v) is 2.61. The lowest BCUT2D eigenvalue weighted by Crippen LogP contribution is -2.41. The number of carbonyl (C=O) groups excluding carboxylic acids is 1. The van der Waals surface area contributed by atoms with Crippen molar-refractivity contribution in [3.8, 4) is 0 Å². The Bertz CT molecular complexity index is 117. The van der Waals surface area contributed by atoms with Gasteiger partial charge in [-0.3, -0.25) is 5.32 Å². The zero-order valence-electron chi connectivity index (χ0n) is 7.94. The van der Waals surface area contributed by atoms with Gasteiger partial charge in [0.1, 0.15) is 0 Å². The first-order valence-electron chi connectivity index (χ1n) is 4.53. The highest BCUT2D eigenvalue weighted by molar-refractivity contribution is 5.73. The maximum absolute atomic E-state index is 10.9. The predicted octanol–water partition coefficient (Wildman–Crippen LogP) is 0.653. The smallest absolute Gasteiger partial charge is 0.315 e. The fraction of sp³-hybridized carbons (Fsp3) is 0.875. The quantitative estimate of drug-likeness (QED) is 0.408. The van der Waals surface area contributed by atoms with E-state index in [4.69, 9.17) is 0 Å². The van der Waals surface area contributed by atoms with Gasteiger partial charge in [0.05, 0.1) is 6.67 Å². The second kappa shape index (κ2) is 8.33. The lowest BCUT2D eigenvalue weighted by Gasteiger charge is -2.06. The summed E-state index contributed by atoms with van der Waals surface area (Å²) in [5, 5.41) is 8.48. The molecular formula is C8H19N3O. The van der Waals surface area contributed by atoms with E-state index in [0.717, 1.165) is 25.9 Å². The Morgan fingerprint density at radius 1 is 1.08 bits per heavy atom. The molecule has 0 spiro atoms. The molecule has 72 valence electrons. The zero-order chi connectivity index (χ0) is 9.23. The van der Waals surface area contributed by atoms with Gasteiger partial charge in [-0.05, 0) is 19.4 Å². The van der Waals surface area contributed by atoms with E-state index in [1.807, 2.05) is 6.92 Å². The molecule has 0 bridgehead atoms. The van der Waals surface area contributed by atoms with Gasteiger partial charge in [0, 0.05) is 6.54 Å². The number of amides is 2. The van der Waals surface area contributed by atoms with Crippen LogP contribution in [0.1, 0.15) is 26.7 Å². The summed E-state index contributed by atoms with van der Waals surface area (Å²) >= 11 is 0. The molecular weight excluding hydrogens is 154 g/mol. The van der Waals surface area contributed by atoms with E-state index in [-0.39, 0.29) is 6.03 Å². The fourth-order valence-electron chi connectivity index (χ4n) is 0.709. The number of rotatable bonds is 6. The van der Waals surface area contributed by atoms with Crippen LogP contribution in [-0.4, -0.2) is 25.8 Å². The van der Waals surface area contributed by atoms with Crippen molar-refractivity contribution in [2.45, 2.75) is 26.7 Å². The summed E-state index contributed by atoms with van der Waals surface area (Å²) in [4.78, 5) is 10.9. The van der Waals surface area contributed by atoms with Crippen LogP contribution in [0.25, 0.3) is 0 Å². The van der Waals surface area contributed by atoms with Crippen LogP contribution >= 0.6 is 0 Å². The number of urea groups is 1. The third kappa shape index (κ3) is 7.34. The lowest BCUT2D eigenvalue weighted by atomic mass is 10.5. The molecule has 0 aromatic carbocycles. The topological polar surface area (TPSA) is 53.2 Å². The van der Waals surface area contributed by atoms with E-state index >= 15 is 0 Å². The third-order valence-corrected chi connectivity index (χ3v) is 1.34. The minimum Gasteiger partial charge on any atom is -0.338 e. The van der Waals surface area contributed by atoms with E-state index in [1.54, 1.807) is 0 Å². The van der Waals surface area contributed by atoms with Crippen LogP contribution in [0.2, 0.25) is 0 Å². The molecule has 4 nitrogen and oxygen atoms in total. The van der Waals surface area contributed by atoms with Crippen LogP contribution < -0.4 is 16.0 Å². The molecule has 3 N–H and O–H groups in total. The summed E-state index contributed by atoms with van der Waals surface area (Å²) in [5.74, 6) is 0. The van der Waals surface area contributed by atoms with Gasteiger partial charge in [0.25, 0.3) is 0 Å². The summed E-state index contributed by atoms with van der Waals surface area (Å²) in [6, 6.07) is -0.0968. The molecule has 0 aliphatic rings. The first-order chi connectivity index (χ1) is 5.81. The van der Waals surface area contributed by atoms with Crippen LogP contribution in [-0.2, 0) is 0 Å². The Morgan fingerprint density at radius 2 is 1.75 bits per heavy atom. The normalized spacial score (nSPS) is 9.50. The second-order valence-electron chi connectivity index (χ2n) is 2.61. The average Bonchev–Trinajstić information content (AvgIpc) is 2.09. The Labute approximate surface area is 74.1 Å². The summed E-state index contributed by atoms with van der Waals surface area (Å²) in [7, 11) is 0. The third-order valence-electron chi connectivity index (χ3n) is 1.34. The van der Waals surface area contributed by atoms with Crippen molar-refractivity contribution in [2.24, 2.45) is 0 Å². The monoisotopic (exact) mass is 173 g/mol. The van der Waals surface area contributed by atoms with Gasteiger partial charge in [0.2, 0.25) is 0 Å². The maximum Gasteiger partial charge on any atom is 0.315 e. The highest BCUT2D eigenvalue weighted by Gasteiger charge is 1.94. The van der Waals surface area contributed by atoms with Gasteiger partial charge < -0.3 is 10.6 Å². The van der Waals surface area contributed by atoms with Crippen LogP contribution in [0.3, 0.4) is 0 Å². The molecule has 0 aliphatic carbocycles. The standard InChI is InChI=1S/C8H19N3O/c1-3-5-9-7-11-8(12)10-6-4-2/h9H,3-7H2,1-2H3,(H2,10,11,12). The molecule has 0 aliphatic heterocycles. The summed E-state index contributed by atoms with van der Waals surface area (Å²) < 4.78 is 0. The SMILES string of the molecule is CCCNCNC(=O)NCCC. The molecule has 0 unspecified atom stereocenters. The first-order valence-corrected chi connectivity index (χ1v) is 4.53. The molecule has 0 rings (SSSR count). The summed E-state index contributed by atoms with van der Waals surface area (Å²) in [6.45, 7) is 6.33. The van der Waals surface area contributed by atoms with Crippen LogP contribution in [0.5, 0.6) is 0 Å². The van der Waals surface area contributed by atoms with Gasteiger partial charge >= 0.3 is 6.03 Å². The fourth-order valence-corrected chi connectivity index (χ4v) is 0.709. The first kappa shape index (κ1) is 11.2. The van der Waals surface area contributed by atoms with E-state index in [2.05, 4.69) is 22.9 Å². The van der Waals surface area contributed by atoms with E-state index in [0.29, 0.717) is 6.67 Å². The van der Waals surface area contributed by atoms with E-state index in [9.17, 15) is 4.79 Å². The minimum atomic E-state index is -0.0968. The Hall–Kier alpha value is -0.770. The van der Waals surface area contributed by atoms with Crippen molar-refractivity contribution < 1.29 is 4.79 Å². The van der Waals surface area contributed by atoms with Gasteiger partial charge in [-0.1, -0.05) is 13.8 Å². The van der Waals surface area contributed by atoms with Crippen molar-refractivity contribution in [1.82, 2.24) is 16.0 Å². The summed E-state index contributed by atoms with van der Waals surface area (Å²) in [5.41, 5.74) is 0. The van der Waals surface area contributed by atoms with Crippen LogP contribution in [0.15, 0.2) is 0 Å². The van der Waals surface area contributed by atoms with Crippen molar-refractivity contribution >= 4 is 6.03 Å². The molecule has 0 radical (unpaired) electrons. The Kier molecular flexibility index (Phi) is 7.79. The van der Waals surface area contributed by atoms with Crippen molar-refractivity contribution in [2.75, 3.05) is 19.8 Å². The molecule has 2 amide bonds. The highest BCUT2D eigenvalue weighted by atomic mass is 16.2. The van der Waals surface area contributed by atoms with Gasteiger partial charge in [-0.15, -0.1) is 0 Å². The van der Waals surface area contributed by atoms with Crippen LogP contribution in [0, 0.1) is 0 Å². The van der Waals surface area contributed by atoms with Gasteiger partial charge in [-0.2, -0.15) is 0 Å². The number of hydrogen-bond donors (Lipinski definition) is 3. The molecule has 0 heterocycles. The maximum atomic E-state index is 10.9. The summed E-state index contributed by atoms with van der Waals surface area (Å²) in [6.07, 6.45) is 2.05. The molecule has 12 heavy (non-hydrogen) atoms. The van der Waals surface area contributed by atoms with Crippen molar-refractivity contribution in [1.29, 1.82) is 0 Å². The predicted molar refractivity (Wildman–Crippen MR) is 50.0 cm³/mol. The van der Waals surface area contributed by atoms with Gasteiger partial charge in [-0.25, -0.2) is 4.79 Å². The number of carbonyl (C=O) groups is 1. The molecule has 0 saturated heterocycles. The van der Waals surface area contributed by atoms with E-state index < -0.39 is 0 Å². The average molecular weight is 173 g/mol. The molecule has 0 fully saturated rings. The number of hydrogen-bond acceptors (Lipinski definition) is 2. The molecule has 0 saturated carbocycles. The molecule has 0 atom stereocenters. The van der Waals surface area contributed by atoms with Crippen molar-refractivity contribution in [3.63, 3.8) is 0 Å². The number of nitrogens with one attached hydrogen (secondary N) is 3. The Morgan fingerprint density at radius 3 is 2.33 bits per heavy atom. The zero-order valence-corrected chi connectivity index (χ0v) is 7.94. The van der Waals surface area contributed by atoms with Gasteiger partial charge in [0.15, 0.2) is 0 Å². The molecule has 0 aromatic heterocycles. The largest absolute Gasteiger partial charge is 0.338 e. The molecule has 0 aromatic rings. The highest BCUT2D eigenvalue weighted by Crippen LogP contribution is 1.70.